The molecule has 0 fully saturated rings. The highest BCUT2D eigenvalue weighted by Crippen LogP contribution is 2.14. The molecule has 112 valence electrons. The van der Waals surface area contributed by atoms with Crippen LogP contribution in [0.15, 0.2) is 36.5 Å². The summed E-state index contributed by atoms with van der Waals surface area (Å²) in [7, 11) is 1.63. The summed E-state index contributed by atoms with van der Waals surface area (Å²) in [6, 6.07) is 9.49. The van der Waals surface area contributed by atoms with Crippen LogP contribution in [0.2, 0.25) is 0 Å². The van der Waals surface area contributed by atoms with Crippen LogP contribution in [-0.4, -0.2) is 29.3 Å². The summed E-state index contributed by atoms with van der Waals surface area (Å²) in [5, 5.41) is 7.25. The molecule has 0 atom stereocenters. The van der Waals surface area contributed by atoms with Crippen LogP contribution in [0.3, 0.4) is 0 Å². The van der Waals surface area contributed by atoms with Gasteiger partial charge in [-0.25, -0.2) is 4.68 Å². The number of methoxy groups -OCH3 is 1. The molecule has 0 aliphatic heterocycles. The Labute approximate surface area is 123 Å². The Balaban J connectivity index is 1.92. The van der Waals surface area contributed by atoms with E-state index in [1.807, 2.05) is 36.5 Å². The van der Waals surface area contributed by atoms with Crippen LogP contribution in [0, 0.1) is 0 Å². The summed E-state index contributed by atoms with van der Waals surface area (Å²) in [4.78, 5) is 11.5. The number of hydrogen-bond acceptors (Lipinski definition) is 4. The maximum Gasteiger partial charge on any atom is 0.220 e. The van der Waals surface area contributed by atoms with E-state index in [9.17, 15) is 4.79 Å². The second kappa shape index (κ2) is 7.44. The van der Waals surface area contributed by atoms with Gasteiger partial charge < -0.3 is 15.8 Å². The standard InChI is InChI=1S/C15H20N4O2/c1-21-14-6-4-13(5-7-14)19-10-8-12(18-19)11-17-15(20)3-2-9-16/h4-8,10H,2-3,9,11,16H2,1H3,(H,17,20). The zero-order valence-electron chi connectivity index (χ0n) is 12.1. The molecule has 6 heteroatoms. The molecule has 0 aliphatic rings. The molecule has 0 radical (unpaired) electrons. The molecule has 2 rings (SSSR count). The fourth-order valence-electron chi connectivity index (χ4n) is 1.87. The average Bonchev–Trinajstić information content (AvgIpc) is 3.00. The van der Waals surface area contributed by atoms with E-state index >= 15 is 0 Å². The lowest BCUT2D eigenvalue weighted by atomic mass is 10.3. The van der Waals surface area contributed by atoms with Gasteiger partial charge in [0.2, 0.25) is 5.91 Å². The van der Waals surface area contributed by atoms with Gasteiger partial charge in [-0.3, -0.25) is 4.79 Å². The van der Waals surface area contributed by atoms with E-state index in [1.54, 1.807) is 11.8 Å². The quantitative estimate of drug-likeness (QED) is 0.803. The van der Waals surface area contributed by atoms with Crippen molar-refractivity contribution in [3.05, 3.63) is 42.2 Å². The molecule has 0 saturated carbocycles. The zero-order chi connectivity index (χ0) is 15.1. The normalized spacial score (nSPS) is 10.4. The Morgan fingerprint density at radius 3 is 2.76 bits per heavy atom. The second-order valence-electron chi connectivity index (χ2n) is 4.62. The van der Waals surface area contributed by atoms with Crippen molar-refractivity contribution in [2.24, 2.45) is 5.73 Å². The largest absolute Gasteiger partial charge is 0.497 e. The summed E-state index contributed by atoms with van der Waals surface area (Å²) in [5.74, 6) is 0.803. The van der Waals surface area contributed by atoms with E-state index in [0.29, 0.717) is 25.9 Å². The van der Waals surface area contributed by atoms with Gasteiger partial charge in [-0.2, -0.15) is 5.10 Å². The molecule has 1 aromatic heterocycles. The molecule has 1 heterocycles. The number of aromatic nitrogens is 2. The van der Waals surface area contributed by atoms with Gasteiger partial charge in [0.15, 0.2) is 0 Å². The number of nitrogens with one attached hydrogen (secondary N) is 1. The Bertz CT molecular complexity index is 578. The number of ether oxygens (including phenoxy) is 1. The van der Waals surface area contributed by atoms with Gasteiger partial charge in [0.25, 0.3) is 0 Å². The maximum atomic E-state index is 11.5. The number of nitrogens with zero attached hydrogens (tertiary/aromatic N) is 2. The highest BCUT2D eigenvalue weighted by atomic mass is 16.5. The first kappa shape index (κ1) is 15.1. The number of hydrogen-bond donors (Lipinski definition) is 2. The lowest BCUT2D eigenvalue weighted by Crippen LogP contribution is -2.23. The molecule has 2 aromatic rings. The number of carbonyl (C=O) groups is 1. The molecule has 21 heavy (non-hydrogen) atoms. The number of rotatable bonds is 7. The molecule has 0 unspecified atom stereocenters. The van der Waals surface area contributed by atoms with Crippen molar-refractivity contribution in [3.63, 3.8) is 0 Å². The van der Waals surface area contributed by atoms with Gasteiger partial charge in [-0.15, -0.1) is 0 Å². The summed E-state index contributed by atoms with van der Waals surface area (Å²) in [6.07, 6.45) is 3.02. The minimum atomic E-state index is -0.000512. The van der Waals surface area contributed by atoms with Crippen molar-refractivity contribution in [1.82, 2.24) is 15.1 Å². The number of benzene rings is 1. The van der Waals surface area contributed by atoms with Crippen LogP contribution >= 0.6 is 0 Å². The highest BCUT2D eigenvalue weighted by molar-refractivity contribution is 5.75. The van der Waals surface area contributed by atoms with Crippen LogP contribution < -0.4 is 15.8 Å². The van der Waals surface area contributed by atoms with Crippen molar-refractivity contribution >= 4 is 5.91 Å². The van der Waals surface area contributed by atoms with Gasteiger partial charge in [-0.05, 0) is 43.3 Å². The maximum absolute atomic E-state index is 11.5. The van der Waals surface area contributed by atoms with Crippen LogP contribution in [-0.2, 0) is 11.3 Å². The molecule has 6 nitrogen and oxygen atoms in total. The summed E-state index contributed by atoms with van der Waals surface area (Å²) >= 11 is 0. The molecule has 1 amide bonds. The third-order valence-corrected chi connectivity index (χ3v) is 3.06. The Morgan fingerprint density at radius 2 is 2.10 bits per heavy atom. The van der Waals surface area contributed by atoms with Crippen LogP contribution in [0.1, 0.15) is 18.5 Å². The molecular weight excluding hydrogens is 268 g/mol. The smallest absolute Gasteiger partial charge is 0.220 e. The van der Waals surface area contributed by atoms with E-state index in [-0.39, 0.29) is 5.91 Å². The molecule has 0 spiro atoms. The summed E-state index contributed by atoms with van der Waals surface area (Å²) in [6.45, 7) is 0.950. The molecule has 0 aliphatic carbocycles. The predicted octanol–water partition coefficient (Wildman–Crippen LogP) is 1.24. The second-order valence-corrected chi connectivity index (χ2v) is 4.62. The summed E-state index contributed by atoms with van der Waals surface area (Å²) < 4.78 is 6.89. The third kappa shape index (κ3) is 4.32. The number of amides is 1. The third-order valence-electron chi connectivity index (χ3n) is 3.06. The first-order valence-electron chi connectivity index (χ1n) is 6.88. The van der Waals surface area contributed by atoms with E-state index in [0.717, 1.165) is 17.1 Å². The minimum Gasteiger partial charge on any atom is -0.497 e. The molecule has 0 saturated heterocycles. The highest BCUT2D eigenvalue weighted by Gasteiger charge is 2.04. The number of nitrogens with two attached hydrogens (primary N) is 1. The average molecular weight is 288 g/mol. The topological polar surface area (TPSA) is 82.2 Å². The van der Waals surface area contributed by atoms with Gasteiger partial charge in [0.05, 0.1) is 25.0 Å². The Morgan fingerprint density at radius 1 is 1.33 bits per heavy atom. The van der Waals surface area contributed by atoms with Crippen molar-refractivity contribution in [2.45, 2.75) is 19.4 Å². The number of carbonyl (C=O) groups excluding carboxylic acids is 1. The summed E-state index contributed by atoms with van der Waals surface area (Å²) in [5.41, 5.74) is 7.12. The fraction of sp³-hybridized carbons (Fsp3) is 0.333. The zero-order valence-corrected chi connectivity index (χ0v) is 12.1. The lowest BCUT2D eigenvalue weighted by Gasteiger charge is -2.04. The lowest BCUT2D eigenvalue weighted by molar-refractivity contribution is -0.121. The van der Waals surface area contributed by atoms with Crippen LogP contribution in [0.25, 0.3) is 5.69 Å². The van der Waals surface area contributed by atoms with E-state index < -0.39 is 0 Å². The van der Waals surface area contributed by atoms with Gasteiger partial charge in [0.1, 0.15) is 5.75 Å². The van der Waals surface area contributed by atoms with Gasteiger partial charge in [0, 0.05) is 12.6 Å². The first-order valence-corrected chi connectivity index (χ1v) is 6.88. The Kier molecular flexibility index (Phi) is 5.34. The van der Waals surface area contributed by atoms with Gasteiger partial charge in [-0.1, -0.05) is 0 Å². The first-order chi connectivity index (χ1) is 10.2. The van der Waals surface area contributed by atoms with Crippen LogP contribution in [0.4, 0.5) is 0 Å². The fourth-order valence-corrected chi connectivity index (χ4v) is 1.87. The Hall–Kier alpha value is -2.34. The van der Waals surface area contributed by atoms with E-state index in [4.69, 9.17) is 10.5 Å². The van der Waals surface area contributed by atoms with Crippen molar-refractivity contribution < 1.29 is 9.53 Å². The predicted molar refractivity (Wildman–Crippen MR) is 80.3 cm³/mol. The van der Waals surface area contributed by atoms with Crippen molar-refractivity contribution in [1.29, 1.82) is 0 Å². The molecule has 1 aromatic carbocycles. The molecular formula is C15H20N4O2. The van der Waals surface area contributed by atoms with Crippen molar-refractivity contribution in [3.8, 4) is 11.4 Å². The van der Waals surface area contributed by atoms with E-state index in [1.165, 1.54) is 0 Å². The minimum absolute atomic E-state index is 0.000512. The van der Waals surface area contributed by atoms with Crippen molar-refractivity contribution in [2.75, 3.05) is 13.7 Å². The monoisotopic (exact) mass is 288 g/mol. The molecule has 0 bridgehead atoms. The molecule has 3 N–H and O–H groups in total. The van der Waals surface area contributed by atoms with Gasteiger partial charge >= 0.3 is 0 Å². The van der Waals surface area contributed by atoms with E-state index in [2.05, 4.69) is 10.4 Å². The van der Waals surface area contributed by atoms with Crippen LogP contribution in [0.5, 0.6) is 5.75 Å². The SMILES string of the molecule is COc1ccc(-n2ccc(CNC(=O)CCCN)n2)cc1.